The molecule has 1 aliphatic rings. The van der Waals surface area contributed by atoms with Gasteiger partial charge in [-0.15, -0.1) is 5.10 Å². The summed E-state index contributed by atoms with van der Waals surface area (Å²) in [5, 5.41) is 10.8. The van der Waals surface area contributed by atoms with Crippen molar-refractivity contribution in [2.75, 3.05) is 34.7 Å². The molecule has 1 fully saturated rings. The lowest BCUT2D eigenvalue weighted by atomic mass is 9.75. The van der Waals surface area contributed by atoms with Gasteiger partial charge in [-0.25, -0.2) is 4.68 Å². The third-order valence-corrected chi connectivity index (χ3v) is 5.16. The van der Waals surface area contributed by atoms with E-state index in [1.165, 1.54) is 28.6 Å². The van der Waals surface area contributed by atoms with E-state index in [-0.39, 0.29) is 29.6 Å². The van der Waals surface area contributed by atoms with Crippen LogP contribution in [0.25, 0.3) is 0 Å². The predicted octanol–water partition coefficient (Wildman–Crippen LogP) is 0.607. The van der Waals surface area contributed by atoms with Gasteiger partial charge in [-0.3, -0.25) is 9.59 Å². The second-order valence-electron chi connectivity index (χ2n) is 7.59. The molecule has 0 bridgehead atoms. The number of carbonyl (C=O) groups excluding carboxylic acids is 2. The zero-order valence-corrected chi connectivity index (χ0v) is 15.9. The Hall–Kier alpha value is -1.96. The van der Waals surface area contributed by atoms with Crippen molar-refractivity contribution in [3.05, 3.63) is 11.9 Å². The fraction of sp³-hybridized carbons (Fsp3) is 0.765. The number of aromatic nitrogens is 3. The van der Waals surface area contributed by atoms with Gasteiger partial charge in [0.2, 0.25) is 5.91 Å². The molecule has 1 aromatic heterocycles. The molecule has 8 nitrogen and oxygen atoms in total. The molecule has 2 atom stereocenters. The first kappa shape index (κ1) is 19.4. The summed E-state index contributed by atoms with van der Waals surface area (Å²) in [5.41, 5.74) is 0.230. The molecule has 2 amide bonds. The first-order valence-corrected chi connectivity index (χ1v) is 8.79. The maximum absolute atomic E-state index is 12.4. The van der Waals surface area contributed by atoms with Crippen LogP contribution in [-0.2, 0) is 11.3 Å². The van der Waals surface area contributed by atoms with Gasteiger partial charge >= 0.3 is 0 Å². The van der Waals surface area contributed by atoms with Gasteiger partial charge in [0, 0.05) is 26.2 Å². The van der Waals surface area contributed by atoms with E-state index in [0.29, 0.717) is 12.5 Å². The molecule has 1 N–H and O–H groups in total. The maximum Gasteiger partial charge on any atom is 0.273 e. The molecular weight excluding hydrogens is 320 g/mol. The van der Waals surface area contributed by atoms with Crippen LogP contribution in [0.15, 0.2) is 6.20 Å². The molecule has 25 heavy (non-hydrogen) atoms. The summed E-state index contributed by atoms with van der Waals surface area (Å²) >= 11 is 0. The van der Waals surface area contributed by atoms with Crippen molar-refractivity contribution in [3.8, 4) is 0 Å². The molecule has 1 aromatic rings. The van der Waals surface area contributed by atoms with Crippen LogP contribution >= 0.6 is 0 Å². The monoisotopic (exact) mass is 350 g/mol. The smallest absolute Gasteiger partial charge is 0.273 e. The lowest BCUT2D eigenvalue weighted by Gasteiger charge is -2.45. The van der Waals surface area contributed by atoms with Gasteiger partial charge in [-0.1, -0.05) is 25.0 Å². The van der Waals surface area contributed by atoms with Crippen molar-refractivity contribution >= 4 is 11.8 Å². The molecule has 1 saturated carbocycles. The summed E-state index contributed by atoms with van der Waals surface area (Å²) in [4.78, 5) is 27.8. The number of carbonyl (C=O) groups is 2. The third kappa shape index (κ3) is 4.78. The molecule has 8 heteroatoms. The van der Waals surface area contributed by atoms with Crippen LogP contribution in [0.4, 0.5) is 0 Å². The Kier molecular flexibility index (Phi) is 6.16. The van der Waals surface area contributed by atoms with E-state index >= 15 is 0 Å². The Balaban J connectivity index is 1.97. The summed E-state index contributed by atoms with van der Waals surface area (Å²) in [6, 6.07) is 0. The molecule has 0 unspecified atom stereocenters. The minimum Gasteiger partial charge on any atom is -0.349 e. The van der Waals surface area contributed by atoms with Crippen molar-refractivity contribution in [2.24, 2.45) is 5.92 Å². The molecule has 140 valence electrons. The number of hydrogen-bond acceptors (Lipinski definition) is 5. The van der Waals surface area contributed by atoms with Crippen molar-refractivity contribution in [1.29, 1.82) is 0 Å². The van der Waals surface area contributed by atoms with Gasteiger partial charge in [0.15, 0.2) is 5.69 Å². The Labute approximate surface area is 149 Å². The number of hydrogen-bond donors (Lipinski definition) is 1. The van der Waals surface area contributed by atoms with Gasteiger partial charge in [0.05, 0.1) is 6.20 Å². The molecule has 1 heterocycles. The summed E-state index contributed by atoms with van der Waals surface area (Å²) in [5.74, 6) is 0.314. The summed E-state index contributed by atoms with van der Waals surface area (Å²) in [7, 11) is 7.51. The van der Waals surface area contributed by atoms with Crippen LogP contribution < -0.4 is 5.32 Å². The number of rotatable bonds is 6. The maximum atomic E-state index is 12.4. The van der Waals surface area contributed by atoms with Crippen LogP contribution in [0.5, 0.6) is 0 Å². The average molecular weight is 350 g/mol. The van der Waals surface area contributed by atoms with Gasteiger partial charge in [0.1, 0.15) is 6.54 Å². The highest BCUT2D eigenvalue weighted by molar-refractivity contribution is 5.92. The fourth-order valence-corrected chi connectivity index (χ4v) is 3.45. The Morgan fingerprint density at radius 2 is 2.08 bits per heavy atom. The van der Waals surface area contributed by atoms with Crippen LogP contribution in [0.3, 0.4) is 0 Å². The minimum absolute atomic E-state index is 0.00971. The topological polar surface area (TPSA) is 83.4 Å². The van der Waals surface area contributed by atoms with Crippen LogP contribution in [0.1, 0.15) is 43.1 Å². The third-order valence-electron chi connectivity index (χ3n) is 5.16. The molecule has 0 radical (unpaired) electrons. The molecular formula is C17H30N6O2. The molecule has 0 aromatic carbocycles. The number of likely N-dealkylation sites (N-methyl/N-ethyl adjacent to an activating group) is 2. The molecule has 0 saturated heterocycles. The molecule has 1 aliphatic carbocycles. The van der Waals surface area contributed by atoms with Gasteiger partial charge in [-0.05, 0) is 32.9 Å². The minimum atomic E-state index is -0.247. The SMILES string of the molecule is C[C@H]1CCC[C@@](CNC(=O)c2cn(CC(=O)N(C)C)nn2)(N(C)C)C1. The Morgan fingerprint density at radius 3 is 2.68 bits per heavy atom. The van der Waals surface area contributed by atoms with Crippen LogP contribution in [0, 0.1) is 5.92 Å². The standard InChI is InChI=1S/C17H30N6O2/c1-13-7-6-8-17(9-13,22(4)5)12-18-16(25)14-10-23(20-19-14)11-15(24)21(2)3/h10,13H,6-9,11-12H2,1-5H3,(H,18,25)/t13-,17+/m0/s1. The van der Waals surface area contributed by atoms with Gasteiger partial charge in [0.25, 0.3) is 5.91 Å². The second kappa shape index (κ2) is 7.95. The summed E-state index contributed by atoms with van der Waals surface area (Å²) < 4.78 is 1.39. The van der Waals surface area contributed by atoms with E-state index in [1.807, 2.05) is 0 Å². The highest BCUT2D eigenvalue weighted by Gasteiger charge is 2.37. The van der Waals surface area contributed by atoms with E-state index in [4.69, 9.17) is 0 Å². The summed E-state index contributed by atoms with van der Waals surface area (Å²) in [6.45, 7) is 2.94. The van der Waals surface area contributed by atoms with Crippen molar-refractivity contribution < 1.29 is 9.59 Å². The summed E-state index contributed by atoms with van der Waals surface area (Å²) in [6.07, 6.45) is 6.09. The van der Waals surface area contributed by atoms with E-state index in [9.17, 15) is 9.59 Å². The number of nitrogens with zero attached hydrogens (tertiary/aromatic N) is 5. The van der Waals surface area contributed by atoms with Crippen LogP contribution in [0.2, 0.25) is 0 Å². The number of amides is 2. The van der Waals surface area contributed by atoms with Gasteiger partial charge in [-0.2, -0.15) is 0 Å². The Bertz CT molecular complexity index is 612. The highest BCUT2D eigenvalue weighted by atomic mass is 16.2. The van der Waals surface area contributed by atoms with Gasteiger partial charge < -0.3 is 15.1 Å². The first-order chi connectivity index (χ1) is 11.7. The van der Waals surface area contributed by atoms with E-state index in [2.05, 4.69) is 41.5 Å². The van der Waals surface area contributed by atoms with E-state index in [1.54, 1.807) is 14.1 Å². The van der Waals surface area contributed by atoms with Crippen molar-refractivity contribution in [2.45, 2.75) is 44.7 Å². The number of nitrogens with one attached hydrogen (secondary N) is 1. The van der Waals surface area contributed by atoms with Crippen LogP contribution in [-0.4, -0.2) is 76.9 Å². The molecule has 0 spiro atoms. The lowest BCUT2D eigenvalue weighted by Crippen LogP contribution is -2.55. The normalized spacial score (nSPS) is 23.5. The van der Waals surface area contributed by atoms with Crippen molar-refractivity contribution in [3.63, 3.8) is 0 Å². The zero-order valence-electron chi connectivity index (χ0n) is 15.9. The van der Waals surface area contributed by atoms with Crippen molar-refractivity contribution in [1.82, 2.24) is 30.1 Å². The van der Waals surface area contributed by atoms with E-state index in [0.717, 1.165) is 12.8 Å². The predicted molar refractivity (Wildman–Crippen MR) is 95.1 cm³/mol. The highest BCUT2D eigenvalue weighted by Crippen LogP contribution is 2.35. The fourth-order valence-electron chi connectivity index (χ4n) is 3.45. The molecule has 0 aliphatic heterocycles. The molecule has 2 rings (SSSR count). The zero-order chi connectivity index (χ0) is 18.6. The quantitative estimate of drug-likeness (QED) is 0.813. The first-order valence-electron chi connectivity index (χ1n) is 8.79. The van der Waals surface area contributed by atoms with E-state index < -0.39 is 0 Å². The second-order valence-corrected chi connectivity index (χ2v) is 7.59. The lowest BCUT2D eigenvalue weighted by molar-refractivity contribution is -0.129. The average Bonchev–Trinajstić information content (AvgIpc) is 3.01. The Morgan fingerprint density at radius 1 is 1.36 bits per heavy atom. The largest absolute Gasteiger partial charge is 0.349 e.